The van der Waals surface area contributed by atoms with E-state index in [1.807, 2.05) is 6.07 Å². The van der Waals surface area contributed by atoms with Gasteiger partial charge in [-0.3, -0.25) is 4.79 Å². The molecule has 0 aliphatic carbocycles. The van der Waals surface area contributed by atoms with Gasteiger partial charge in [-0.1, -0.05) is 12.1 Å². The number of piperidine rings is 1. The van der Waals surface area contributed by atoms with Gasteiger partial charge >= 0.3 is 0 Å². The summed E-state index contributed by atoms with van der Waals surface area (Å²) in [5.41, 5.74) is 0.980. The number of rotatable bonds is 4. The Hall–Kier alpha value is -1.50. The van der Waals surface area contributed by atoms with E-state index >= 15 is 0 Å². The van der Waals surface area contributed by atoms with Crippen LogP contribution in [0.5, 0.6) is 0 Å². The van der Waals surface area contributed by atoms with Gasteiger partial charge < -0.3 is 20.7 Å². The average Bonchev–Trinajstić information content (AvgIpc) is 3.11. The number of amides is 1. The Bertz CT molecular complexity index is 669. The molecular weight excluding hydrogens is 345 g/mol. The number of carbonyl (C=O) groups is 1. The van der Waals surface area contributed by atoms with Crippen LogP contribution < -0.4 is 16.0 Å². The summed E-state index contributed by atoms with van der Waals surface area (Å²) in [4.78, 5) is 12.9. The van der Waals surface area contributed by atoms with E-state index in [4.69, 9.17) is 4.74 Å². The van der Waals surface area contributed by atoms with Crippen LogP contribution in [0.25, 0.3) is 0 Å². The van der Waals surface area contributed by atoms with E-state index in [1.54, 1.807) is 12.1 Å². The van der Waals surface area contributed by atoms with Crippen LogP contribution in [0.3, 0.4) is 0 Å². The first-order valence-electron chi connectivity index (χ1n) is 10.2. The molecule has 3 heterocycles. The van der Waals surface area contributed by atoms with Gasteiger partial charge in [-0.15, -0.1) is 0 Å². The quantitative estimate of drug-likeness (QED) is 0.750. The Balaban J connectivity index is 1.41. The van der Waals surface area contributed by atoms with Crippen molar-refractivity contribution < 1.29 is 13.9 Å². The minimum absolute atomic E-state index is 0.0766. The SMILES string of the molecule is O=C(NCC1(c2cccc(F)c2)CCOCC1)[C@H]1CC2(CCNCC2)CN1. The minimum atomic E-state index is -0.249. The van der Waals surface area contributed by atoms with Crippen LogP contribution in [-0.4, -0.2) is 51.3 Å². The second-order valence-electron chi connectivity index (χ2n) is 8.51. The van der Waals surface area contributed by atoms with E-state index in [-0.39, 0.29) is 28.6 Å². The molecule has 4 rings (SSSR count). The molecule has 1 aromatic carbocycles. The number of carbonyl (C=O) groups excluding carboxylic acids is 1. The van der Waals surface area contributed by atoms with Crippen molar-refractivity contribution >= 4 is 5.91 Å². The van der Waals surface area contributed by atoms with Gasteiger partial charge in [0.05, 0.1) is 6.04 Å². The van der Waals surface area contributed by atoms with Crippen molar-refractivity contribution in [2.24, 2.45) is 5.41 Å². The number of hydrogen-bond acceptors (Lipinski definition) is 4. The van der Waals surface area contributed by atoms with E-state index in [1.165, 1.54) is 6.07 Å². The number of hydrogen-bond donors (Lipinski definition) is 3. The van der Waals surface area contributed by atoms with Gasteiger partial charge in [0.15, 0.2) is 0 Å². The lowest BCUT2D eigenvalue weighted by Gasteiger charge is -2.38. The Labute approximate surface area is 160 Å². The van der Waals surface area contributed by atoms with Crippen molar-refractivity contribution in [2.75, 3.05) is 39.4 Å². The number of benzene rings is 1. The van der Waals surface area contributed by atoms with Gasteiger partial charge in [0.1, 0.15) is 5.82 Å². The van der Waals surface area contributed by atoms with E-state index in [0.717, 1.165) is 57.3 Å². The number of nitrogens with one attached hydrogen (secondary N) is 3. The molecule has 0 bridgehead atoms. The predicted molar refractivity (Wildman–Crippen MR) is 102 cm³/mol. The lowest BCUT2D eigenvalue weighted by Crippen LogP contribution is -2.48. The molecule has 3 fully saturated rings. The molecule has 5 nitrogen and oxygen atoms in total. The summed E-state index contributed by atoms with van der Waals surface area (Å²) in [5, 5.41) is 10.0. The van der Waals surface area contributed by atoms with Gasteiger partial charge in [0.2, 0.25) is 5.91 Å². The maximum atomic E-state index is 13.8. The standard InChI is InChI=1S/C21H30FN3O2/c22-17-3-1-2-16(12-17)21(6-10-27-11-7-21)15-25-19(26)18-13-20(14-24-18)4-8-23-9-5-20/h1-3,12,18,23-24H,4-11,13-15H2,(H,25,26)/t18-/m1/s1. The van der Waals surface area contributed by atoms with Crippen LogP contribution in [-0.2, 0) is 14.9 Å². The van der Waals surface area contributed by atoms with Crippen LogP contribution in [0, 0.1) is 11.2 Å². The van der Waals surface area contributed by atoms with Crippen molar-refractivity contribution in [3.8, 4) is 0 Å². The van der Waals surface area contributed by atoms with Crippen LogP contribution in [0.15, 0.2) is 24.3 Å². The Kier molecular flexibility index (Phi) is 5.48. The maximum Gasteiger partial charge on any atom is 0.237 e. The highest BCUT2D eigenvalue weighted by molar-refractivity contribution is 5.82. The summed E-state index contributed by atoms with van der Waals surface area (Å²) < 4.78 is 19.3. The highest BCUT2D eigenvalue weighted by Gasteiger charge is 2.43. The molecule has 1 amide bonds. The molecule has 0 aromatic heterocycles. The number of ether oxygens (including phenoxy) is 1. The zero-order valence-electron chi connectivity index (χ0n) is 15.9. The second-order valence-corrected chi connectivity index (χ2v) is 8.51. The first-order valence-corrected chi connectivity index (χ1v) is 10.2. The maximum absolute atomic E-state index is 13.8. The van der Waals surface area contributed by atoms with Gasteiger partial charge in [-0.05, 0) is 68.3 Å². The van der Waals surface area contributed by atoms with Gasteiger partial charge in [0.25, 0.3) is 0 Å². The first kappa shape index (κ1) is 18.8. The van der Waals surface area contributed by atoms with Gasteiger partial charge in [0, 0.05) is 31.7 Å². The molecule has 3 aliphatic rings. The summed E-state index contributed by atoms with van der Waals surface area (Å²) in [5.74, 6) is -0.150. The highest BCUT2D eigenvalue weighted by Crippen LogP contribution is 2.38. The molecular formula is C21H30FN3O2. The minimum Gasteiger partial charge on any atom is -0.381 e. The van der Waals surface area contributed by atoms with Crippen LogP contribution in [0.1, 0.15) is 37.7 Å². The summed E-state index contributed by atoms with van der Waals surface area (Å²) in [6, 6.07) is 6.68. The van der Waals surface area contributed by atoms with Crippen LogP contribution in [0.2, 0.25) is 0 Å². The third-order valence-corrected chi connectivity index (χ3v) is 6.83. The fourth-order valence-corrected chi connectivity index (χ4v) is 4.97. The van der Waals surface area contributed by atoms with Crippen LogP contribution in [0.4, 0.5) is 4.39 Å². The third kappa shape index (κ3) is 4.03. The zero-order valence-corrected chi connectivity index (χ0v) is 15.9. The van der Waals surface area contributed by atoms with E-state index in [9.17, 15) is 9.18 Å². The molecule has 1 spiro atoms. The van der Waals surface area contributed by atoms with Crippen molar-refractivity contribution in [3.05, 3.63) is 35.6 Å². The summed E-state index contributed by atoms with van der Waals surface area (Å²) >= 11 is 0. The molecule has 3 N–H and O–H groups in total. The molecule has 6 heteroatoms. The van der Waals surface area contributed by atoms with E-state index in [0.29, 0.717) is 19.8 Å². The van der Waals surface area contributed by atoms with E-state index in [2.05, 4.69) is 16.0 Å². The van der Waals surface area contributed by atoms with Gasteiger partial charge in [-0.2, -0.15) is 0 Å². The normalized spacial score (nSPS) is 26.8. The topological polar surface area (TPSA) is 62.4 Å². The summed E-state index contributed by atoms with van der Waals surface area (Å²) in [6.07, 6.45) is 4.77. The van der Waals surface area contributed by atoms with Crippen molar-refractivity contribution in [1.82, 2.24) is 16.0 Å². The smallest absolute Gasteiger partial charge is 0.237 e. The number of halogens is 1. The molecule has 3 aliphatic heterocycles. The van der Waals surface area contributed by atoms with Crippen LogP contribution >= 0.6 is 0 Å². The fourth-order valence-electron chi connectivity index (χ4n) is 4.97. The lowest BCUT2D eigenvalue weighted by atomic mass is 9.74. The molecule has 1 aromatic rings. The highest BCUT2D eigenvalue weighted by atomic mass is 19.1. The molecule has 0 unspecified atom stereocenters. The monoisotopic (exact) mass is 375 g/mol. The average molecular weight is 375 g/mol. The molecule has 148 valence electrons. The van der Waals surface area contributed by atoms with E-state index < -0.39 is 0 Å². The first-order chi connectivity index (χ1) is 13.1. The molecule has 0 saturated carbocycles. The largest absolute Gasteiger partial charge is 0.381 e. The molecule has 1 atom stereocenters. The summed E-state index contributed by atoms with van der Waals surface area (Å²) in [7, 11) is 0. The zero-order chi connectivity index (χ0) is 18.7. The third-order valence-electron chi connectivity index (χ3n) is 6.83. The van der Waals surface area contributed by atoms with Crippen molar-refractivity contribution in [1.29, 1.82) is 0 Å². The predicted octanol–water partition coefficient (Wildman–Crippen LogP) is 1.72. The Morgan fingerprint density at radius 3 is 2.74 bits per heavy atom. The Morgan fingerprint density at radius 2 is 2.00 bits per heavy atom. The molecule has 3 saturated heterocycles. The molecule has 27 heavy (non-hydrogen) atoms. The fraction of sp³-hybridized carbons (Fsp3) is 0.667. The molecule has 0 radical (unpaired) electrons. The Morgan fingerprint density at radius 1 is 1.22 bits per heavy atom. The van der Waals surface area contributed by atoms with Crippen molar-refractivity contribution in [2.45, 2.75) is 43.6 Å². The second kappa shape index (κ2) is 7.86. The summed E-state index contributed by atoms with van der Waals surface area (Å²) in [6.45, 7) is 4.83. The van der Waals surface area contributed by atoms with Crippen molar-refractivity contribution in [3.63, 3.8) is 0 Å². The lowest BCUT2D eigenvalue weighted by molar-refractivity contribution is -0.123. The van der Waals surface area contributed by atoms with Gasteiger partial charge in [-0.25, -0.2) is 4.39 Å².